The second-order valence-corrected chi connectivity index (χ2v) is 4.58. The highest BCUT2D eigenvalue weighted by atomic mass is 16.4. The van der Waals surface area contributed by atoms with Gasteiger partial charge in [-0.05, 0) is 13.8 Å². The molecule has 0 bridgehead atoms. The molecule has 0 aromatic carbocycles. The fraction of sp³-hybridized carbons (Fsp3) is 0.583. The number of anilines is 1. The molecule has 0 aliphatic carbocycles. The van der Waals surface area contributed by atoms with E-state index in [1.807, 2.05) is 18.7 Å². The van der Waals surface area contributed by atoms with E-state index in [9.17, 15) is 4.79 Å². The average molecular weight is 250 g/mol. The predicted octanol–water partition coefficient (Wildman–Crippen LogP) is 0.300. The number of piperazine rings is 1. The van der Waals surface area contributed by atoms with Crippen LogP contribution in [-0.2, 0) is 4.79 Å². The summed E-state index contributed by atoms with van der Waals surface area (Å²) in [4.78, 5) is 23.6. The van der Waals surface area contributed by atoms with Gasteiger partial charge in [-0.25, -0.2) is 4.98 Å². The van der Waals surface area contributed by atoms with Crippen molar-refractivity contribution in [2.24, 2.45) is 0 Å². The maximum Gasteiger partial charge on any atom is 0.317 e. The Morgan fingerprint density at radius 3 is 2.61 bits per heavy atom. The number of rotatable bonds is 3. The maximum absolute atomic E-state index is 10.6. The third kappa shape index (κ3) is 2.95. The molecule has 0 spiro atoms. The summed E-state index contributed by atoms with van der Waals surface area (Å²) in [5.74, 6) is 0.153. The standard InChI is InChI=1S/C12H18N4O2/c1-9-7-13-10(2)12(14-9)16-5-3-15(4-6-16)8-11(17)18/h7H,3-6,8H2,1-2H3,(H,17,18). The molecule has 0 amide bonds. The van der Waals surface area contributed by atoms with Crippen LogP contribution in [0.1, 0.15) is 11.4 Å². The van der Waals surface area contributed by atoms with E-state index in [2.05, 4.69) is 14.9 Å². The molecule has 6 heteroatoms. The normalized spacial score (nSPS) is 16.9. The summed E-state index contributed by atoms with van der Waals surface area (Å²) in [5, 5.41) is 8.75. The molecular weight excluding hydrogens is 232 g/mol. The lowest BCUT2D eigenvalue weighted by Crippen LogP contribution is -2.48. The number of carboxylic acids is 1. The zero-order valence-corrected chi connectivity index (χ0v) is 10.8. The van der Waals surface area contributed by atoms with Crippen molar-refractivity contribution >= 4 is 11.8 Å². The highest BCUT2D eigenvalue weighted by Gasteiger charge is 2.21. The Hall–Kier alpha value is -1.69. The first-order valence-corrected chi connectivity index (χ1v) is 6.05. The van der Waals surface area contributed by atoms with Crippen LogP contribution in [0.25, 0.3) is 0 Å². The Morgan fingerprint density at radius 1 is 1.33 bits per heavy atom. The molecular formula is C12H18N4O2. The van der Waals surface area contributed by atoms with Crippen molar-refractivity contribution in [3.8, 4) is 0 Å². The smallest absolute Gasteiger partial charge is 0.317 e. The maximum atomic E-state index is 10.6. The molecule has 6 nitrogen and oxygen atoms in total. The van der Waals surface area contributed by atoms with Gasteiger partial charge in [0.05, 0.1) is 17.9 Å². The number of aryl methyl sites for hydroxylation is 2. The molecule has 0 saturated carbocycles. The highest BCUT2D eigenvalue weighted by molar-refractivity contribution is 5.69. The van der Waals surface area contributed by atoms with Crippen LogP contribution in [0, 0.1) is 13.8 Å². The second kappa shape index (κ2) is 5.30. The molecule has 1 saturated heterocycles. The Balaban J connectivity index is 2.01. The van der Waals surface area contributed by atoms with Gasteiger partial charge in [-0.3, -0.25) is 14.7 Å². The van der Waals surface area contributed by atoms with Gasteiger partial charge in [0.15, 0.2) is 0 Å². The van der Waals surface area contributed by atoms with Gasteiger partial charge in [-0.1, -0.05) is 0 Å². The largest absolute Gasteiger partial charge is 0.480 e. The molecule has 1 fully saturated rings. The van der Waals surface area contributed by atoms with E-state index in [1.165, 1.54) is 0 Å². The molecule has 2 heterocycles. The third-order valence-corrected chi connectivity index (χ3v) is 3.08. The minimum Gasteiger partial charge on any atom is -0.480 e. The second-order valence-electron chi connectivity index (χ2n) is 4.58. The Bertz CT molecular complexity index is 442. The van der Waals surface area contributed by atoms with E-state index in [0.717, 1.165) is 43.4 Å². The number of nitrogens with zero attached hydrogens (tertiary/aromatic N) is 4. The van der Waals surface area contributed by atoms with E-state index in [0.29, 0.717) is 0 Å². The van der Waals surface area contributed by atoms with Crippen LogP contribution in [0.3, 0.4) is 0 Å². The van der Waals surface area contributed by atoms with Gasteiger partial charge in [0.1, 0.15) is 5.82 Å². The number of hydrogen-bond acceptors (Lipinski definition) is 5. The Morgan fingerprint density at radius 2 is 2.00 bits per heavy atom. The lowest BCUT2D eigenvalue weighted by Gasteiger charge is -2.35. The minimum atomic E-state index is -0.769. The van der Waals surface area contributed by atoms with Crippen molar-refractivity contribution in [1.29, 1.82) is 0 Å². The topological polar surface area (TPSA) is 69.6 Å². The first kappa shape index (κ1) is 12.8. The van der Waals surface area contributed by atoms with E-state index in [4.69, 9.17) is 5.11 Å². The Kier molecular flexibility index (Phi) is 3.76. The van der Waals surface area contributed by atoms with Gasteiger partial charge in [-0.15, -0.1) is 0 Å². The first-order chi connectivity index (χ1) is 8.56. The van der Waals surface area contributed by atoms with Gasteiger partial charge in [-0.2, -0.15) is 0 Å². The lowest BCUT2D eigenvalue weighted by atomic mass is 10.3. The summed E-state index contributed by atoms with van der Waals surface area (Å²) in [5.41, 5.74) is 1.83. The molecule has 0 atom stereocenters. The van der Waals surface area contributed by atoms with Crippen LogP contribution < -0.4 is 4.90 Å². The molecule has 0 unspecified atom stereocenters. The zero-order valence-electron chi connectivity index (χ0n) is 10.8. The summed E-state index contributed by atoms with van der Waals surface area (Å²) < 4.78 is 0. The van der Waals surface area contributed by atoms with Crippen LogP contribution in [0.15, 0.2) is 6.20 Å². The van der Waals surface area contributed by atoms with Crippen molar-refractivity contribution in [1.82, 2.24) is 14.9 Å². The van der Waals surface area contributed by atoms with Crippen LogP contribution in [0.5, 0.6) is 0 Å². The number of carboxylic acid groups (broad SMARTS) is 1. The average Bonchev–Trinajstić information content (AvgIpc) is 2.33. The molecule has 1 N–H and O–H groups in total. The SMILES string of the molecule is Cc1cnc(C)c(N2CCN(CC(=O)O)CC2)n1. The summed E-state index contributed by atoms with van der Waals surface area (Å²) in [6.07, 6.45) is 1.76. The molecule has 1 aromatic rings. The third-order valence-electron chi connectivity index (χ3n) is 3.08. The molecule has 98 valence electrons. The van der Waals surface area contributed by atoms with Gasteiger partial charge in [0.25, 0.3) is 0 Å². The van der Waals surface area contributed by atoms with Gasteiger partial charge < -0.3 is 10.0 Å². The molecule has 18 heavy (non-hydrogen) atoms. The highest BCUT2D eigenvalue weighted by Crippen LogP contribution is 2.17. The van der Waals surface area contributed by atoms with Crippen LogP contribution in [0.2, 0.25) is 0 Å². The monoisotopic (exact) mass is 250 g/mol. The number of carbonyl (C=O) groups is 1. The van der Waals surface area contributed by atoms with Crippen molar-refractivity contribution in [3.63, 3.8) is 0 Å². The minimum absolute atomic E-state index is 0.117. The van der Waals surface area contributed by atoms with E-state index in [-0.39, 0.29) is 6.54 Å². The molecule has 1 aliphatic heterocycles. The molecule has 1 aromatic heterocycles. The molecule has 2 rings (SSSR count). The number of aromatic nitrogens is 2. The predicted molar refractivity (Wildman–Crippen MR) is 67.8 cm³/mol. The van der Waals surface area contributed by atoms with E-state index >= 15 is 0 Å². The lowest BCUT2D eigenvalue weighted by molar-refractivity contribution is -0.138. The fourth-order valence-electron chi connectivity index (χ4n) is 2.13. The van der Waals surface area contributed by atoms with Crippen molar-refractivity contribution < 1.29 is 9.90 Å². The van der Waals surface area contributed by atoms with Crippen LogP contribution >= 0.6 is 0 Å². The van der Waals surface area contributed by atoms with Crippen molar-refractivity contribution in [3.05, 3.63) is 17.6 Å². The number of hydrogen-bond donors (Lipinski definition) is 1. The van der Waals surface area contributed by atoms with Gasteiger partial charge in [0.2, 0.25) is 0 Å². The summed E-state index contributed by atoms with van der Waals surface area (Å²) in [6, 6.07) is 0. The molecule has 0 radical (unpaired) electrons. The molecule has 1 aliphatic rings. The summed E-state index contributed by atoms with van der Waals surface area (Å²) in [6.45, 7) is 7.09. The fourth-order valence-corrected chi connectivity index (χ4v) is 2.13. The zero-order chi connectivity index (χ0) is 13.1. The van der Waals surface area contributed by atoms with Crippen molar-refractivity contribution in [2.75, 3.05) is 37.6 Å². The van der Waals surface area contributed by atoms with Gasteiger partial charge >= 0.3 is 5.97 Å². The summed E-state index contributed by atoms with van der Waals surface area (Å²) >= 11 is 0. The van der Waals surface area contributed by atoms with Gasteiger partial charge in [0, 0.05) is 32.4 Å². The Labute approximate surface area is 106 Å². The van der Waals surface area contributed by atoms with Crippen molar-refractivity contribution in [2.45, 2.75) is 13.8 Å². The van der Waals surface area contributed by atoms with E-state index < -0.39 is 5.97 Å². The van der Waals surface area contributed by atoms with Crippen LogP contribution in [0.4, 0.5) is 5.82 Å². The first-order valence-electron chi connectivity index (χ1n) is 6.05. The van der Waals surface area contributed by atoms with Crippen LogP contribution in [-0.4, -0.2) is 58.7 Å². The van der Waals surface area contributed by atoms with E-state index in [1.54, 1.807) is 6.20 Å². The number of aliphatic carboxylic acids is 1. The quantitative estimate of drug-likeness (QED) is 0.832. The summed E-state index contributed by atoms with van der Waals surface area (Å²) in [7, 11) is 0.